The van der Waals surface area contributed by atoms with Crippen LogP contribution in [0.15, 0.2) is 23.8 Å². The molecule has 5 nitrogen and oxygen atoms in total. The Morgan fingerprint density at radius 1 is 1.48 bits per heavy atom. The Hall–Kier alpha value is -1.69. The summed E-state index contributed by atoms with van der Waals surface area (Å²) < 4.78 is 5.28. The number of aliphatic carboxylic acids is 1. The van der Waals surface area contributed by atoms with Crippen LogP contribution in [0, 0.1) is 0 Å². The lowest BCUT2D eigenvalue weighted by Crippen LogP contribution is -2.46. The minimum Gasteiger partial charge on any atom is -0.480 e. The summed E-state index contributed by atoms with van der Waals surface area (Å²) in [5.74, 6) is -1.08. The number of thiocarbonyl (C=S) groups is 1. The summed E-state index contributed by atoms with van der Waals surface area (Å²) in [6.07, 6.45) is 5.59. The van der Waals surface area contributed by atoms with E-state index in [1.165, 1.54) is 11.8 Å². The SMILES string of the molecule is C[C@@H](C(=O)O)N(CC1=CC(=S)CC=C1)C(=O)OC(C)(C)C. The predicted octanol–water partition coefficient (Wildman–Crippen LogP) is 2.95. The molecule has 1 aliphatic rings. The number of carbonyl (C=O) groups excluding carboxylic acids is 1. The average Bonchev–Trinajstić information content (AvgIpc) is 2.32. The molecule has 0 heterocycles. The molecule has 0 aromatic heterocycles. The van der Waals surface area contributed by atoms with Crippen LogP contribution in [0.25, 0.3) is 0 Å². The van der Waals surface area contributed by atoms with Crippen LogP contribution in [0.4, 0.5) is 4.79 Å². The maximum absolute atomic E-state index is 12.2. The molecule has 0 aromatic carbocycles. The molecule has 1 N–H and O–H groups in total. The van der Waals surface area contributed by atoms with Gasteiger partial charge >= 0.3 is 12.1 Å². The molecular weight excluding hydrogens is 290 g/mol. The highest BCUT2D eigenvalue weighted by Gasteiger charge is 2.30. The van der Waals surface area contributed by atoms with E-state index in [9.17, 15) is 9.59 Å². The fraction of sp³-hybridized carbons (Fsp3) is 0.533. The topological polar surface area (TPSA) is 66.8 Å². The summed E-state index contributed by atoms with van der Waals surface area (Å²) in [5.41, 5.74) is 0.116. The normalized spacial score (nSPS) is 16.2. The molecule has 0 saturated heterocycles. The Bertz CT molecular complexity index is 502. The maximum Gasteiger partial charge on any atom is 0.411 e. The van der Waals surface area contributed by atoms with Crippen LogP contribution >= 0.6 is 12.2 Å². The summed E-state index contributed by atoms with van der Waals surface area (Å²) in [6, 6.07) is -0.982. The van der Waals surface area contributed by atoms with Crippen LogP contribution < -0.4 is 0 Å². The Morgan fingerprint density at radius 2 is 2.10 bits per heavy atom. The number of hydrogen-bond donors (Lipinski definition) is 1. The third kappa shape index (κ3) is 5.67. The molecular formula is C15H21NO4S. The number of carboxylic acids is 1. The third-order valence-electron chi connectivity index (χ3n) is 2.80. The second-order valence-corrected chi connectivity index (χ2v) is 6.44. The second kappa shape index (κ2) is 6.85. The first kappa shape index (κ1) is 17.4. The Labute approximate surface area is 130 Å². The molecule has 0 unspecified atom stereocenters. The Balaban J connectivity index is 2.92. The van der Waals surface area contributed by atoms with E-state index in [0.717, 1.165) is 10.4 Å². The van der Waals surface area contributed by atoms with Crippen molar-refractivity contribution in [3.8, 4) is 0 Å². The Kier molecular flexibility index (Phi) is 5.66. The van der Waals surface area contributed by atoms with Gasteiger partial charge in [-0.1, -0.05) is 24.4 Å². The lowest BCUT2D eigenvalue weighted by Gasteiger charge is -2.30. The summed E-state index contributed by atoms with van der Waals surface area (Å²) in [7, 11) is 0. The molecule has 0 aromatic rings. The van der Waals surface area contributed by atoms with E-state index in [1.54, 1.807) is 26.8 Å². The zero-order valence-electron chi connectivity index (χ0n) is 12.8. The van der Waals surface area contributed by atoms with Gasteiger partial charge in [0.25, 0.3) is 0 Å². The van der Waals surface area contributed by atoms with E-state index in [1.807, 2.05) is 12.2 Å². The molecule has 0 aliphatic heterocycles. The van der Waals surface area contributed by atoms with Gasteiger partial charge in [-0.3, -0.25) is 4.90 Å². The van der Waals surface area contributed by atoms with Crippen LogP contribution in [-0.2, 0) is 9.53 Å². The minimum atomic E-state index is -1.08. The van der Waals surface area contributed by atoms with Crippen molar-refractivity contribution in [1.29, 1.82) is 0 Å². The molecule has 0 spiro atoms. The zero-order valence-corrected chi connectivity index (χ0v) is 13.6. The van der Waals surface area contributed by atoms with Crippen LogP contribution in [0.2, 0.25) is 0 Å². The number of hydrogen-bond acceptors (Lipinski definition) is 4. The number of allylic oxidation sites excluding steroid dienone is 2. The van der Waals surface area contributed by atoms with Gasteiger partial charge in [-0.2, -0.15) is 0 Å². The van der Waals surface area contributed by atoms with Crippen molar-refractivity contribution >= 4 is 29.1 Å². The summed E-state index contributed by atoms with van der Waals surface area (Å²) >= 11 is 5.13. The van der Waals surface area contributed by atoms with Gasteiger partial charge in [0, 0.05) is 17.8 Å². The van der Waals surface area contributed by atoms with E-state index >= 15 is 0 Å². The molecule has 116 valence electrons. The van der Waals surface area contributed by atoms with Crippen molar-refractivity contribution in [1.82, 2.24) is 4.90 Å². The number of rotatable bonds is 4. The van der Waals surface area contributed by atoms with Gasteiger partial charge in [-0.05, 0) is 39.3 Å². The highest BCUT2D eigenvalue weighted by molar-refractivity contribution is 7.80. The maximum atomic E-state index is 12.2. The fourth-order valence-corrected chi connectivity index (χ4v) is 2.00. The molecule has 6 heteroatoms. The fourth-order valence-electron chi connectivity index (χ4n) is 1.75. The predicted molar refractivity (Wildman–Crippen MR) is 84.5 cm³/mol. The molecule has 1 atom stereocenters. The number of ether oxygens (including phenoxy) is 1. The van der Waals surface area contributed by atoms with Gasteiger partial charge in [0.1, 0.15) is 11.6 Å². The average molecular weight is 311 g/mol. The Morgan fingerprint density at radius 3 is 2.57 bits per heavy atom. The number of carbonyl (C=O) groups is 2. The quantitative estimate of drug-likeness (QED) is 0.809. The highest BCUT2D eigenvalue weighted by Crippen LogP contribution is 2.16. The van der Waals surface area contributed by atoms with E-state index in [2.05, 4.69) is 0 Å². The van der Waals surface area contributed by atoms with Gasteiger partial charge in [0.15, 0.2) is 0 Å². The van der Waals surface area contributed by atoms with E-state index in [-0.39, 0.29) is 6.54 Å². The molecule has 21 heavy (non-hydrogen) atoms. The number of carboxylic acid groups (broad SMARTS) is 1. The second-order valence-electron chi connectivity index (χ2n) is 5.91. The lowest BCUT2D eigenvalue weighted by atomic mass is 10.1. The van der Waals surface area contributed by atoms with Crippen LogP contribution in [0.1, 0.15) is 34.1 Å². The first-order chi connectivity index (χ1) is 9.60. The molecule has 0 fully saturated rings. The molecule has 1 aliphatic carbocycles. The van der Waals surface area contributed by atoms with E-state index < -0.39 is 23.7 Å². The van der Waals surface area contributed by atoms with Crippen LogP contribution in [0.3, 0.4) is 0 Å². The van der Waals surface area contributed by atoms with Gasteiger partial charge < -0.3 is 9.84 Å². The van der Waals surface area contributed by atoms with Crippen molar-refractivity contribution in [2.45, 2.75) is 45.8 Å². The molecule has 1 rings (SSSR count). The summed E-state index contributed by atoms with van der Waals surface area (Å²) in [6.45, 7) is 6.83. The standard InChI is InChI=1S/C15H21NO4S/c1-10(13(17)18)16(14(19)20-15(2,3)4)9-11-6-5-7-12(21)8-11/h5-6,8,10H,7,9H2,1-4H3,(H,17,18)/t10-/m0/s1. The monoisotopic (exact) mass is 311 g/mol. The van der Waals surface area contributed by atoms with Gasteiger partial charge in [0.2, 0.25) is 0 Å². The van der Waals surface area contributed by atoms with Crippen molar-refractivity contribution in [2.75, 3.05) is 6.54 Å². The highest BCUT2D eigenvalue weighted by atomic mass is 32.1. The minimum absolute atomic E-state index is 0.152. The third-order valence-corrected chi connectivity index (χ3v) is 3.09. The van der Waals surface area contributed by atoms with E-state index in [4.69, 9.17) is 22.1 Å². The van der Waals surface area contributed by atoms with Crippen LogP contribution in [0.5, 0.6) is 0 Å². The van der Waals surface area contributed by atoms with Crippen LogP contribution in [-0.4, -0.2) is 45.1 Å². The van der Waals surface area contributed by atoms with Gasteiger partial charge in [0.05, 0.1) is 0 Å². The smallest absolute Gasteiger partial charge is 0.411 e. The number of amides is 1. The molecule has 0 radical (unpaired) electrons. The first-order valence-electron chi connectivity index (χ1n) is 6.72. The largest absolute Gasteiger partial charge is 0.480 e. The number of nitrogens with zero attached hydrogens (tertiary/aromatic N) is 1. The van der Waals surface area contributed by atoms with Crippen molar-refractivity contribution in [2.24, 2.45) is 0 Å². The van der Waals surface area contributed by atoms with E-state index in [0.29, 0.717) is 6.42 Å². The van der Waals surface area contributed by atoms with Gasteiger partial charge in [-0.15, -0.1) is 0 Å². The van der Waals surface area contributed by atoms with Gasteiger partial charge in [-0.25, -0.2) is 9.59 Å². The first-order valence-corrected chi connectivity index (χ1v) is 7.13. The van der Waals surface area contributed by atoms with Crippen molar-refractivity contribution in [3.05, 3.63) is 23.8 Å². The molecule has 0 bridgehead atoms. The summed E-state index contributed by atoms with van der Waals surface area (Å²) in [4.78, 5) is 25.4. The van der Waals surface area contributed by atoms with Crippen molar-refractivity contribution in [3.63, 3.8) is 0 Å². The summed E-state index contributed by atoms with van der Waals surface area (Å²) in [5, 5.41) is 9.17. The van der Waals surface area contributed by atoms with Crippen molar-refractivity contribution < 1.29 is 19.4 Å². The molecule has 1 amide bonds. The lowest BCUT2D eigenvalue weighted by molar-refractivity contribution is -0.142. The molecule has 0 saturated carbocycles. The zero-order chi connectivity index (χ0) is 16.2.